The van der Waals surface area contributed by atoms with Crippen molar-refractivity contribution >= 4 is 24.2 Å². The van der Waals surface area contributed by atoms with Gasteiger partial charge in [0.2, 0.25) is 10.0 Å². The van der Waals surface area contributed by atoms with Gasteiger partial charge in [0.1, 0.15) is 5.75 Å². The maximum Gasteiger partial charge on any atom is 0.298 e. The van der Waals surface area contributed by atoms with Crippen LogP contribution in [0, 0.1) is 0 Å². The summed E-state index contributed by atoms with van der Waals surface area (Å²) in [5.41, 5.74) is 1.29. The monoisotopic (exact) mass is 536 g/mol. The number of ether oxygens (including phenoxy) is 1. The zero-order chi connectivity index (χ0) is 26.7. The zero-order valence-corrected chi connectivity index (χ0v) is 24.4. The van der Waals surface area contributed by atoms with E-state index in [4.69, 9.17) is 14.1 Å². The van der Waals surface area contributed by atoms with E-state index >= 15 is 0 Å². The first kappa shape index (κ1) is 28.4. The van der Waals surface area contributed by atoms with Gasteiger partial charge in [0, 0.05) is 44.7 Å². The van der Waals surface area contributed by atoms with Gasteiger partial charge in [0.05, 0.1) is 19.1 Å². The van der Waals surface area contributed by atoms with E-state index in [-0.39, 0.29) is 10.6 Å². The molecule has 1 aliphatic rings. The maximum absolute atomic E-state index is 13.5. The van der Waals surface area contributed by atoms with Crippen molar-refractivity contribution in [1.82, 2.24) is 13.9 Å². The first-order valence-corrected chi connectivity index (χ1v) is 17.1. The SMILES string of the molecule is COc1ccc(-n2cc(CCCO[Si](C)(C)C(C)(C)C)nc(N3CCN(S(C)(=O)=O)CC3)c2=O)cc1. The van der Waals surface area contributed by atoms with Crippen LogP contribution < -0.4 is 15.2 Å². The molecule has 2 aromatic rings. The Balaban J connectivity index is 1.86. The molecule has 1 aromatic carbocycles. The number of methoxy groups -OCH3 is 1. The highest BCUT2D eigenvalue weighted by Crippen LogP contribution is 2.36. The molecule has 11 heteroatoms. The number of anilines is 1. The van der Waals surface area contributed by atoms with Gasteiger partial charge in [-0.3, -0.25) is 9.36 Å². The summed E-state index contributed by atoms with van der Waals surface area (Å²) in [6.45, 7) is 13.3. The number of hydrogen-bond acceptors (Lipinski definition) is 7. The van der Waals surface area contributed by atoms with Gasteiger partial charge in [-0.1, -0.05) is 20.8 Å². The zero-order valence-electron chi connectivity index (χ0n) is 22.6. The Bertz CT molecular complexity index is 1200. The number of nitrogens with zero attached hydrogens (tertiary/aromatic N) is 4. The summed E-state index contributed by atoms with van der Waals surface area (Å²) >= 11 is 0. The molecule has 200 valence electrons. The predicted octanol–water partition coefficient (Wildman–Crippen LogP) is 3.28. The van der Waals surface area contributed by atoms with Crippen molar-refractivity contribution in [2.45, 2.75) is 51.7 Å². The van der Waals surface area contributed by atoms with Gasteiger partial charge in [-0.05, 0) is 55.2 Å². The van der Waals surface area contributed by atoms with Gasteiger partial charge in [-0.25, -0.2) is 13.4 Å². The van der Waals surface area contributed by atoms with Crippen LogP contribution >= 0.6 is 0 Å². The van der Waals surface area contributed by atoms with Crippen molar-refractivity contribution in [2.24, 2.45) is 0 Å². The Morgan fingerprint density at radius 1 is 1.06 bits per heavy atom. The van der Waals surface area contributed by atoms with Gasteiger partial charge >= 0.3 is 0 Å². The Labute approximate surface area is 216 Å². The van der Waals surface area contributed by atoms with Crippen LogP contribution in [0.2, 0.25) is 18.1 Å². The molecule has 9 nitrogen and oxygen atoms in total. The Kier molecular flexibility index (Phi) is 8.69. The third-order valence-electron chi connectivity index (χ3n) is 7.14. The molecule has 0 aliphatic carbocycles. The second-order valence-electron chi connectivity index (χ2n) is 10.8. The minimum absolute atomic E-state index is 0.147. The third kappa shape index (κ3) is 6.75. The van der Waals surface area contributed by atoms with Crippen molar-refractivity contribution in [3.05, 3.63) is 46.5 Å². The maximum atomic E-state index is 13.5. The minimum atomic E-state index is -3.26. The van der Waals surface area contributed by atoms with E-state index in [1.165, 1.54) is 10.6 Å². The number of benzene rings is 1. The lowest BCUT2D eigenvalue weighted by Crippen LogP contribution is -2.50. The molecule has 0 amide bonds. The molecule has 1 saturated heterocycles. The Morgan fingerprint density at radius 3 is 2.19 bits per heavy atom. The van der Waals surface area contributed by atoms with E-state index in [1.54, 1.807) is 17.9 Å². The summed E-state index contributed by atoms with van der Waals surface area (Å²) in [5, 5.41) is 0.147. The van der Waals surface area contributed by atoms with Crippen LogP contribution in [0.25, 0.3) is 5.69 Å². The molecule has 0 bridgehead atoms. The van der Waals surface area contributed by atoms with Crippen LogP contribution in [0.15, 0.2) is 35.3 Å². The Morgan fingerprint density at radius 2 is 1.67 bits per heavy atom. The number of aryl methyl sites for hydroxylation is 1. The fourth-order valence-electron chi connectivity index (χ4n) is 3.82. The summed E-state index contributed by atoms with van der Waals surface area (Å²) in [6, 6.07) is 7.32. The molecular weight excluding hydrogens is 496 g/mol. The summed E-state index contributed by atoms with van der Waals surface area (Å²) < 4.78 is 38.5. The summed E-state index contributed by atoms with van der Waals surface area (Å²) in [7, 11) is -3.50. The Hall–Kier alpha value is -2.21. The predicted molar refractivity (Wildman–Crippen MR) is 146 cm³/mol. The van der Waals surface area contributed by atoms with Gasteiger partial charge < -0.3 is 14.1 Å². The van der Waals surface area contributed by atoms with Crippen LogP contribution in [-0.4, -0.2) is 76.7 Å². The first-order valence-electron chi connectivity index (χ1n) is 12.3. The van der Waals surface area contributed by atoms with E-state index in [2.05, 4.69) is 33.9 Å². The second kappa shape index (κ2) is 11.0. The van der Waals surface area contributed by atoms with E-state index in [9.17, 15) is 13.2 Å². The van der Waals surface area contributed by atoms with E-state index < -0.39 is 18.3 Å². The normalized spacial score (nSPS) is 15.8. The van der Waals surface area contributed by atoms with Crippen LogP contribution in [0.3, 0.4) is 0 Å². The molecule has 0 spiro atoms. The van der Waals surface area contributed by atoms with Crippen molar-refractivity contribution < 1.29 is 17.6 Å². The van der Waals surface area contributed by atoms with Crippen LogP contribution in [0.1, 0.15) is 32.9 Å². The van der Waals surface area contributed by atoms with E-state index in [0.717, 1.165) is 17.8 Å². The third-order valence-corrected chi connectivity index (χ3v) is 13.0. The number of aromatic nitrogens is 2. The molecule has 0 N–H and O–H groups in total. The highest BCUT2D eigenvalue weighted by Gasteiger charge is 2.36. The molecule has 3 rings (SSSR count). The van der Waals surface area contributed by atoms with Gasteiger partial charge in [0.15, 0.2) is 14.1 Å². The fourth-order valence-corrected chi connectivity index (χ4v) is 5.73. The number of hydrogen-bond donors (Lipinski definition) is 0. The quantitative estimate of drug-likeness (QED) is 0.359. The number of piperazine rings is 1. The van der Waals surface area contributed by atoms with Crippen molar-refractivity contribution in [1.29, 1.82) is 0 Å². The molecule has 1 aliphatic heterocycles. The molecule has 0 radical (unpaired) electrons. The average Bonchev–Trinajstić information content (AvgIpc) is 2.81. The minimum Gasteiger partial charge on any atom is -0.497 e. The smallest absolute Gasteiger partial charge is 0.298 e. The molecule has 2 heterocycles. The molecule has 0 saturated carbocycles. The van der Waals surface area contributed by atoms with Crippen LogP contribution in [0.5, 0.6) is 5.75 Å². The van der Waals surface area contributed by atoms with E-state index in [1.807, 2.05) is 29.2 Å². The van der Waals surface area contributed by atoms with E-state index in [0.29, 0.717) is 50.8 Å². The topological polar surface area (TPSA) is 94.0 Å². The summed E-state index contributed by atoms with van der Waals surface area (Å²) in [5.74, 6) is 1.06. The first-order chi connectivity index (χ1) is 16.7. The second-order valence-corrected chi connectivity index (χ2v) is 17.6. The lowest BCUT2D eigenvalue weighted by atomic mass is 10.2. The summed E-state index contributed by atoms with van der Waals surface area (Å²) in [6.07, 6.45) is 4.47. The largest absolute Gasteiger partial charge is 0.497 e. The molecule has 0 atom stereocenters. The standard InChI is InChI=1S/C25H40N4O5SSi/c1-25(2,3)36(6,7)34-18-8-9-20-19-29(21-10-12-22(33-4)13-11-21)24(30)23(26-20)27-14-16-28(17-15-27)35(5,31)32/h10-13,19H,8-9,14-18H2,1-7H3. The lowest BCUT2D eigenvalue weighted by molar-refractivity contribution is 0.282. The van der Waals surface area contributed by atoms with Gasteiger partial charge in [-0.2, -0.15) is 4.31 Å². The van der Waals surface area contributed by atoms with Crippen molar-refractivity contribution in [2.75, 3.05) is 51.1 Å². The molecular formula is C25H40N4O5SSi. The molecule has 0 unspecified atom stereocenters. The number of rotatable bonds is 9. The highest BCUT2D eigenvalue weighted by molar-refractivity contribution is 7.88. The fraction of sp³-hybridized carbons (Fsp3) is 0.600. The molecule has 36 heavy (non-hydrogen) atoms. The van der Waals surface area contributed by atoms with Gasteiger partial charge in [-0.15, -0.1) is 0 Å². The number of sulfonamides is 1. The highest BCUT2D eigenvalue weighted by atomic mass is 32.2. The van der Waals surface area contributed by atoms with Crippen molar-refractivity contribution in [3.8, 4) is 11.4 Å². The van der Waals surface area contributed by atoms with Crippen molar-refractivity contribution in [3.63, 3.8) is 0 Å². The van der Waals surface area contributed by atoms with Crippen LogP contribution in [0.4, 0.5) is 5.82 Å². The lowest BCUT2D eigenvalue weighted by Gasteiger charge is -2.36. The molecule has 1 aromatic heterocycles. The van der Waals surface area contributed by atoms with Crippen LogP contribution in [-0.2, 0) is 20.9 Å². The summed E-state index contributed by atoms with van der Waals surface area (Å²) in [4.78, 5) is 20.1. The molecule has 1 fully saturated rings. The van der Waals surface area contributed by atoms with Gasteiger partial charge in [0.25, 0.3) is 5.56 Å². The average molecular weight is 537 g/mol.